The van der Waals surface area contributed by atoms with Crippen LogP contribution in [0.5, 0.6) is 0 Å². The van der Waals surface area contributed by atoms with E-state index in [1.54, 1.807) is 43.5 Å². The highest BCUT2D eigenvalue weighted by molar-refractivity contribution is 5.23. The molecule has 0 radical (unpaired) electrons. The average molecular weight is 1210 g/mol. The van der Waals surface area contributed by atoms with Gasteiger partial charge in [0, 0.05) is 47.6 Å². The minimum Gasteiger partial charge on any atom is -0.261 e. The second-order valence-electron chi connectivity index (χ2n) is 16.9. The van der Waals surface area contributed by atoms with Crippen LogP contribution in [-0.2, 0) is 0 Å². The van der Waals surface area contributed by atoms with Gasteiger partial charge < -0.3 is 0 Å². The van der Waals surface area contributed by atoms with Crippen molar-refractivity contribution < 1.29 is 0 Å². The lowest BCUT2D eigenvalue weighted by atomic mass is 10.1. The van der Waals surface area contributed by atoms with Crippen LogP contribution in [0.3, 0.4) is 0 Å². The number of hydrogen-bond donors (Lipinski definition) is 0. The van der Waals surface area contributed by atoms with E-state index in [-0.39, 0.29) is 0 Å². The Morgan fingerprint density at radius 1 is 0.250 bits per heavy atom. The summed E-state index contributed by atoms with van der Waals surface area (Å²) in [6, 6.07) is 18.1. The molecular formula is C70H118N18. The first-order valence-electron chi connectivity index (χ1n) is 30.8. The van der Waals surface area contributed by atoms with Crippen molar-refractivity contribution in [2.75, 3.05) is 0 Å². The summed E-state index contributed by atoms with van der Waals surface area (Å²) >= 11 is 0. The van der Waals surface area contributed by atoms with E-state index in [9.17, 15) is 0 Å². The van der Waals surface area contributed by atoms with Crippen molar-refractivity contribution >= 4 is 0 Å². The lowest BCUT2D eigenvalue weighted by molar-refractivity contribution is 0.848. The molecule has 18 nitrogen and oxygen atoms in total. The molecule has 0 aliphatic heterocycles. The first-order chi connectivity index (χ1) is 41.9. The number of aromatic nitrogens is 18. The highest BCUT2D eigenvalue weighted by Crippen LogP contribution is 2.03. The van der Waals surface area contributed by atoms with Gasteiger partial charge in [0.1, 0.15) is 41.3 Å². The Morgan fingerprint density at radius 3 is 0.807 bits per heavy atom. The molecule has 9 aromatic rings. The summed E-state index contributed by atoms with van der Waals surface area (Å²) in [6.45, 7) is 66.8. The molecule has 88 heavy (non-hydrogen) atoms. The highest BCUT2D eigenvalue weighted by atomic mass is 15.2. The molecule has 0 amide bonds. The van der Waals surface area contributed by atoms with Crippen LogP contribution in [0.2, 0.25) is 0 Å². The van der Waals surface area contributed by atoms with Crippen molar-refractivity contribution in [1.82, 2.24) is 90.4 Å². The van der Waals surface area contributed by atoms with E-state index in [4.69, 9.17) is 0 Å². The fraction of sp³-hybridized carbons (Fsp3) is 0.486. The number of hydrogen-bond acceptors (Lipinski definition) is 18. The Hall–Kier alpha value is -8.28. The van der Waals surface area contributed by atoms with Crippen molar-refractivity contribution in [3.63, 3.8) is 0 Å². The van der Waals surface area contributed by atoms with E-state index in [1.807, 2.05) is 252 Å². The Kier molecular flexibility index (Phi) is 68.7. The van der Waals surface area contributed by atoms with Crippen LogP contribution in [0, 0.1) is 138 Å². The first-order valence-corrected chi connectivity index (χ1v) is 30.8. The molecule has 0 spiro atoms. The minimum atomic E-state index is 0.734. The van der Waals surface area contributed by atoms with E-state index in [1.165, 1.54) is 11.1 Å². The molecule has 18 heteroatoms. The van der Waals surface area contributed by atoms with Crippen LogP contribution in [0.1, 0.15) is 211 Å². The third-order valence-electron chi connectivity index (χ3n) is 9.07. The number of benzene rings is 1. The van der Waals surface area contributed by atoms with E-state index in [0.29, 0.717) is 0 Å². The van der Waals surface area contributed by atoms with Crippen LogP contribution in [-0.4, -0.2) is 90.4 Å². The molecule has 0 saturated carbocycles. The van der Waals surface area contributed by atoms with Gasteiger partial charge in [0.2, 0.25) is 0 Å². The van der Waals surface area contributed by atoms with Gasteiger partial charge in [-0.2, -0.15) is 25.5 Å². The summed E-state index contributed by atoms with van der Waals surface area (Å²) < 4.78 is 0. The predicted molar refractivity (Wildman–Crippen MR) is 372 cm³/mol. The highest BCUT2D eigenvalue weighted by Gasteiger charge is 1.95. The van der Waals surface area contributed by atoms with Gasteiger partial charge in [-0.1, -0.05) is 121 Å². The number of aryl methyl sites for hydroxylation is 20. The van der Waals surface area contributed by atoms with Crippen LogP contribution in [0.25, 0.3) is 0 Å². The third-order valence-corrected chi connectivity index (χ3v) is 9.07. The van der Waals surface area contributed by atoms with E-state index < -0.39 is 0 Å². The second-order valence-corrected chi connectivity index (χ2v) is 16.9. The maximum atomic E-state index is 4.11. The van der Waals surface area contributed by atoms with Gasteiger partial charge in [-0.25, -0.2) is 49.8 Å². The zero-order valence-electron chi connectivity index (χ0n) is 61.3. The maximum Gasteiger partial charge on any atom is 0.148 e. The zero-order valence-corrected chi connectivity index (χ0v) is 61.3. The van der Waals surface area contributed by atoms with Gasteiger partial charge in [-0.05, 0) is 191 Å². The predicted octanol–water partition coefficient (Wildman–Crippen LogP) is 17.6. The summed E-state index contributed by atoms with van der Waals surface area (Å²) in [5.74, 6) is 4.79. The third kappa shape index (κ3) is 59.5. The smallest absolute Gasteiger partial charge is 0.148 e. The maximum absolute atomic E-state index is 4.11. The fourth-order valence-corrected chi connectivity index (χ4v) is 5.54. The summed E-state index contributed by atoms with van der Waals surface area (Å²) in [4.78, 5) is 48.0. The molecule has 0 atom stereocenters. The van der Waals surface area contributed by atoms with Gasteiger partial charge in [0.25, 0.3) is 0 Å². The normalized spacial score (nSPS) is 8.34. The van der Waals surface area contributed by atoms with Crippen molar-refractivity contribution in [2.24, 2.45) is 0 Å². The lowest BCUT2D eigenvalue weighted by Crippen LogP contribution is -1.97. The second kappa shape index (κ2) is 64.7. The molecule has 8 aromatic heterocycles. The fourth-order valence-electron chi connectivity index (χ4n) is 5.54. The van der Waals surface area contributed by atoms with Gasteiger partial charge in [-0.3, -0.25) is 9.97 Å². The van der Waals surface area contributed by atoms with E-state index in [2.05, 4.69) is 129 Å². The lowest BCUT2D eigenvalue weighted by Gasteiger charge is -1.94. The first kappa shape index (κ1) is 93.4. The molecule has 488 valence electrons. The average Bonchev–Trinajstić information content (AvgIpc) is 3.49. The SMILES string of the molecule is CC.CC.CC.CC.CC.CC.CC.Cc1cc(C)ncn1.Cc1ccccc1C.Cc1ccnc(C)n1.Cc1ccnc(C)n1.Cc1cncc(C)n1.Cc1cnnc(C)c1.Cc1cnnc(C)c1.Cc1nc(C)nc(C)n1.Cc1nnc(C)c(C)n1. The Bertz CT molecular complexity index is 2490. The van der Waals surface area contributed by atoms with Crippen LogP contribution >= 0.6 is 0 Å². The Labute approximate surface area is 535 Å². The molecule has 0 saturated heterocycles. The molecule has 8 heterocycles. The minimum absolute atomic E-state index is 0.734. The van der Waals surface area contributed by atoms with Gasteiger partial charge >= 0.3 is 0 Å². The van der Waals surface area contributed by atoms with Gasteiger partial charge in [-0.15, -0.1) is 5.10 Å². The van der Waals surface area contributed by atoms with Crippen LogP contribution < -0.4 is 0 Å². The molecule has 0 aliphatic rings. The van der Waals surface area contributed by atoms with Crippen molar-refractivity contribution in [2.45, 2.75) is 235 Å². The molecule has 0 unspecified atom stereocenters. The quantitative estimate of drug-likeness (QED) is 0.137. The topological polar surface area (TPSA) is 232 Å². The van der Waals surface area contributed by atoms with Crippen molar-refractivity contribution in [1.29, 1.82) is 0 Å². The summed E-state index contributed by atoms with van der Waals surface area (Å²) in [7, 11) is 0. The zero-order chi connectivity index (χ0) is 69.6. The summed E-state index contributed by atoms with van der Waals surface area (Å²) in [5, 5.41) is 22.7. The molecule has 0 bridgehead atoms. The molecule has 0 N–H and O–H groups in total. The van der Waals surface area contributed by atoms with Gasteiger partial charge in [0.05, 0.1) is 46.6 Å². The van der Waals surface area contributed by atoms with Gasteiger partial charge in [0.15, 0.2) is 0 Å². The Morgan fingerprint density at radius 2 is 0.602 bits per heavy atom. The monoisotopic (exact) mass is 1210 g/mol. The Balaban J connectivity index is -0.000000163. The van der Waals surface area contributed by atoms with Crippen molar-refractivity contribution in [3.05, 3.63) is 212 Å². The van der Waals surface area contributed by atoms with Crippen molar-refractivity contribution in [3.8, 4) is 0 Å². The standard InChI is InChI=1S/C8H10.2C6H9N3.6C6H8N2.7C2H6/c1-7-5-3-4-6-8(7)2;1-4-7-5(2)9-6(3)8-4;1-4-5(2)8-9-6(3)7-4;1-5-3-7-4-6(2)8-5;1-5-3-6(2)8-4-7-5;2*1-5-3-6(2)8-7-4-5;2*1-5-3-4-7-6(2)8-5;7*1-2/h3-6H,1-2H3;2*1-3H3;6*3-4H,1-2H3;7*1-2H3. The summed E-state index contributed by atoms with van der Waals surface area (Å²) in [5.41, 5.74) is 14.9. The molecule has 0 aliphatic carbocycles. The van der Waals surface area contributed by atoms with Crippen LogP contribution in [0.4, 0.5) is 0 Å². The molecule has 9 rings (SSSR count). The number of nitrogens with zero attached hydrogens (tertiary/aromatic N) is 18. The number of rotatable bonds is 0. The molecular weight excluding hydrogens is 1090 g/mol. The molecule has 1 aromatic carbocycles. The largest absolute Gasteiger partial charge is 0.261 e. The van der Waals surface area contributed by atoms with Crippen LogP contribution in [0.15, 0.2) is 98.1 Å². The van der Waals surface area contributed by atoms with E-state index in [0.717, 1.165) is 103 Å². The molecule has 0 fully saturated rings. The summed E-state index contributed by atoms with van der Waals surface area (Å²) in [6.07, 6.45) is 12.1. The van der Waals surface area contributed by atoms with E-state index >= 15 is 0 Å².